The third kappa shape index (κ3) is 4.39. The van der Waals surface area contributed by atoms with Gasteiger partial charge in [0.2, 0.25) is 12.0 Å². The lowest BCUT2D eigenvalue weighted by Gasteiger charge is -2.25. The molecule has 4 aromatic rings. The van der Waals surface area contributed by atoms with Crippen LogP contribution in [0.25, 0.3) is 11.5 Å². The minimum absolute atomic E-state index is 0.105. The summed E-state index contributed by atoms with van der Waals surface area (Å²) in [7, 11) is 0. The minimum atomic E-state index is -0.746. The Morgan fingerprint density at radius 1 is 0.969 bits per heavy atom. The molecule has 2 heterocycles. The third-order valence-corrected chi connectivity index (χ3v) is 4.75. The number of carbonyl (C=O) groups is 1. The molecule has 1 amide bonds. The van der Waals surface area contributed by atoms with Crippen molar-refractivity contribution in [1.82, 2.24) is 10.2 Å². The molecule has 0 aliphatic carbocycles. The number of nitrogens with one attached hydrogen (secondary N) is 1. The van der Waals surface area contributed by atoms with E-state index in [1.165, 1.54) is 0 Å². The van der Waals surface area contributed by atoms with E-state index in [9.17, 15) is 4.79 Å². The Morgan fingerprint density at radius 2 is 1.78 bits per heavy atom. The van der Waals surface area contributed by atoms with E-state index in [-0.39, 0.29) is 19.1 Å². The molecule has 0 radical (unpaired) electrons. The van der Waals surface area contributed by atoms with Crippen molar-refractivity contribution in [3.63, 3.8) is 0 Å². The zero-order chi connectivity index (χ0) is 21.8. The second-order valence-electron chi connectivity index (χ2n) is 7.04. The van der Waals surface area contributed by atoms with E-state index in [1.54, 1.807) is 36.4 Å². The van der Waals surface area contributed by atoms with E-state index in [4.69, 9.17) is 18.6 Å². The van der Waals surface area contributed by atoms with Gasteiger partial charge in [0, 0.05) is 17.3 Å². The van der Waals surface area contributed by atoms with Crippen LogP contribution < -0.4 is 19.5 Å². The fourth-order valence-electron chi connectivity index (χ4n) is 3.19. The van der Waals surface area contributed by atoms with Gasteiger partial charge < -0.3 is 23.9 Å². The molecule has 1 aliphatic rings. The zero-order valence-electron chi connectivity index (χ0n) is 16.9. The summed E-state index contributed by atoms with van der Waals surface area (Å²) >= 11 is 0. The maximum Gasteiger partial charge on any atom is 0.269 e. The number of hydrogen-bond donors (Lipinski definition) is 1. The SMILES string of the molecule is O=C(Nc1cccc(OCc2nnc(-c3ccccc3)o2)c1)C1COc2ccccc2O1. The Balaban J connectivity index is 1.19. The van der Waals surface area contributed by atoms with Gasteiger partial charge in [0.25, 0.3) is 11.8 Å². The van der Waals surface area contributed by atoms with Crippen molar-refractivity contribution >= 4 is 11.6 Å². The number of para-hydroxylation sites is 2. The Labute approximate surface area is 183 Å². The van der Waals surface area contributed by atoms with Gasteiger partial charge in [-0.05, 0) is 36.4 Å². The van der Waals surface area contributed by atoms with Gasteiger partial charge in [0.05, 0.1) is 0 Å². The molecule has 0 spiro atoms. The van der Waals surface area contributed by atoms with Crippen LogP contribution in [0.5, 0.6) is 17.2 Å². The molecule has 8 heteroatoms. The normalized spacial score (nSPS) is 14.6. The highest BCUT2D eigenvalue weighted by molar-refractivity contribution is 5.94. The van der Waals surface area contributed by atoms with E-state index in [1.807, 2.05) is 42.5 Å². The lowest BCUT2D eigenvalue weighted by atomic mass is 10.2. The summed E-state index contributed by atoms with van der Waals surface area (Å²) in [4.78, 5) is 12.6. The standard InChI is InChI=1S/C24H19N3O5/c28-23(21-14-30-19-11-4-5-12-20(19)31-21)25-17-9-6-10-18(13-17)29-15-22-26-27-24(32-22)16-7-2-1-3-8-16/h1-13,21H,14-15H2,(H,25,28). The van der Waals surface area contributed by atoms with E-state index < -0.39 is 6.10 Å². The highest BCUT2D eigenvalue weighted by Gasteiger charge is 2.27. The number of aromatic nitrogens is 2. The van der Waals surface area contributed by atoms with Crippen molar-refractivity contribution in [3.8, 4) is 28.7 Å². The van der Waals surface area contributed by atoms with Crippen LogP contribution in [0, 0.1) is 0 Å². The zero-order valence-corrected chi connectivity index (χ0v) is 16.9. The maximum atomic E-state index is 12.6. The first-order chi connectivity index (χ1) is 15.7. The molecule has 5 rings (SSSR count). The van der Waals surface area contributed by atoms with Crippen molar-refractivity contribution in [2.45, 2.75) is 12.7 Å². The molecule has 1 unspecified atom stereocenters. The summed E-state index contributed by atoms with van der Waals surface area (Å²) in [6, 6.07) is 23.8. The van der Waals surface area contributed by atoms with Crippen LogP contribution in [0.3, 0.4) is 0 Å². The molecule has 3 aromatic carbocycles. The molecule has 8 nitrogen and oxygen atoms in total. The first kappa shape index (κ1) is 19.6. The number of ether oxygens (including phenoxy) is 3. The van der Waals surface area contributed by atoms with Crippen LogP contribution in [0.4, 0.5) is 5.69 Å². The first-order valence-electron chi connectivity index (χ1n) is 10.0. The molecular weight excluding hydrogens is 410 g/mol. The first-order valence-corrected chi connectivity index (χ1v) is 10.0. The number of nitrogens with zero attached hydrogens (tertiary/aromatic N) is 2. The highest BCUT2D eigenvalue weighted by atomic mass is 16.6. The van der Waals surface area contributed by atoms with Crippen LogP contribution in [0.1, 0.15) is 5.89 Å². The fraction of sp³-hybridized carbons (Fsp3) is 0.125. The van der Waals surface area contributed by atoms with E-state index >= 15 is 0 Å². The van der Waals surface area contributed by atoms with Gasteiger partial charge in [0.15, 0.2) is 18.1 Å². The second kappa shape index (κ2) is 8.81. The summed E-state index contributed by atoms with van der Waals surface area (Å²) < 4.78 is 22.7. The fourth-order valence-corrected chi connectivity index (χ4v) is 3.19. The lowest BCUT2D eigenvalue weighted by Crippen LogP contribution is -2.40. The number of carbonyl (C=O) groups excluding carboxylic acids is 1. The largest absolute Gasteiger partial charge is 0.485 e. The summed E-state index contributed by atoms with van der Waals surface area (Å²) in [5, 5.41) is 10.9. The lowest BCUT2D eigenvalue weighted by molar-refractivity contribution is -0.125. The Morgan fingerprint density at radius 3 is 2.66 bits per heavy atom. The number of benzene rings is 3. The van der Waals surface area contributed by atoms with E-state index in [0.717, 1.165) is 5.56 Å². The van der Waals surface area contributed by atoms with Crippen LogP contribution in [0.15, 0.2) is 83.3 Å². The molecule has 1 aliphatic heterocycles. The van der Waals surface area contributed by atoms with Gasteiger partial charge in [-0.15, -0.1) is 10.2 Å². The van der Waals surface area contributed by atoms with Crippen LogP contribution in [-0.2, 0) is 11.4 Å². The molecule has 0 bridgehead atoms. The molecule has 0 saturated carbocycles. The predicted octanol–water partition coefficient (Wildman–Crippen LogP) is 4.09. The van der Waals surface area contributed by atoms with Crippen LogP contribution in [-0.4, -0.2) is 28.8 Å². The van der Waals surface area contributed by atoms with Gasteiger partial charge >= 0.3 is 0 Å². The van der Waals surface area contributed by atoms with E-state index in [2.05, 4.69) is 15.5 Å². The molecular formula is C24H19N3O5. The smallest absolute Gasteiger partial charge is 0.269 e. The van der Waals surface area contributed by atoms with Crippen molar-refractivity contribution in [1.29, 1.82) is 0 Å². The third-order valence-electron chi connectivity index (χ3n) is 4.75. The van der Waals surface area contributed by atoms with Gasteiger partial charge in [-0.1, -0.05) is 36.4 Å². The number of rotatable bonds is 6. The van der Waals surface area contributed by atoms with Crippen LogP contribution >= 0.6 is 0 Å². The summed E-state index contributed by atoms with van der Waals surface area (Å²) in [6.07, 6.45) is -0.746. The molecule has 160 valence electrons. The van der Waals surface area contributed by atoms with Gasteiger partial charge in [-0.3, -0.25) is 4.79 Å². The van der Waals surface area contributed by atoms with Crippen LogP contribution in [0.2, 0.25) is 0 Å². The predicted molar refractivity (Wildman–Crippen MR) is 115 cm³/mol. The summed E-state index contributed by atoms with van der Waals surface area (Å²) in [5.74, 6) is 2.20. The number of amides is 1. The average molecular weight is 429 g/mol. The van der Waals surface area contributed by atoms with Crippen molar-refractivity contribution in [2.24, 2.45) is 0 Å². The molecule has 1 atom stereocenters. The maximum absolute atomic E-state index is 12.6. The average Bonchev–Trinajstić information content (AvgIpc) is 3.32. The van der Waals surface area contributed by atoms with Gasteiger partial charge in [-0.2, -0.15) is 0 Å². The Hall–Kier alpha value is -4.33. The molecule has 1 aromatic heterocycles. The quantitative estimate of drug-likeness (QED) is 0.493. The number of anilines is 1. The van der Waals surface area contributed by atoms with Gasteiger partial charge in [0.1, 0.15) is 12.4 Å². The van der Waals surface area contributed by atoms with Crippen molar-refractivity contribution in [3.05, 3.63) is 84.8 Å². The molecule has 0 saturated heterocycles. The minimum Gasteiger partial charge on any atom is -0.485 e. The number of fused-ring (bicyclic) bond motifs is 1. The Kier molecular flexibility index (Phi) is 5.40. The molecule has 0 fully saturated rings. The van der Waals surface area contributed by atoms with Crippen molar-refractivity contribution in [2.75, 3.05) is 11.9 Å². The number of hydrogen-bond acceptors (Lipinski definition) is 7. The second-order valence-corrected chi connectivity index (χ2v) is 7.04. The Bertz CT molecular complexity index is 1230. The molecule has 1 N–H and O–H groups in total. The van der Waals surface area contributed by atoms with Crippen molar-refractivity contribution < 1.29 is 23.4 Å². The van der Waals surface area contributed by atoms with Gasteiger partial charge in [-0.25, -0.2) is 0 Å². The monoisotopic (exact) mass is 429 g/mol. The summed E-state index contributed by atoms with van der Waals surface area (Å²) in [6.45, 7) is 0.244. The highest BCUT2D eigenvalue weighted by Crippen LogP contribution is 2.31. The molecule has 32 heavy (non-hydrogen) atoms. The topological polar surface area (TPSA) is 95.7 Å². The van der Waals surface area contributed by atoms with E-state index in [0.29, 0.717) is 34.7 Å². The summed E-state index contributed by atoms with van der Waals surface area (Å²) in [5.41, 5.74) is 1.41.